The quantitative estimate of drug-likeness (QED) is 0.450. The highest BCUT2D eigenvalue weighted by atomic mass is 16.5. The summed E-state index contributed by atoms with van der Waals surface area (Å²) in [7, 11) is 0. The van der Waals surface area contributed by atoms with Gasteiger partial charge < -0.3 is 20.1 Å². The van der Waals surface area contributed by atoms with E-state index in [1.165, 1.54) is 36.4 Å². The lowest BCUT2D eigenvalue weighted by atomic mass is 10.1. The summed E-state index contributed by atoms with van der Waals surface area (Å²) in [4.78, 5) is 11.9. The number of aromatic hydroxyl groups is 3. The number of cyclic esters (lactones) is 1. The number of hydrogen-bond acceptors (Lipinski definition) is 5. The highest BCUT2D eigenvalue weighted by Crippen LogP contribution is 2.32. The zero-order valence-corrected chi connectivity index (χ0v) is 11.4. The standard InChI is InChI=1S/C17H12O5/c18-13-3-1-2-10(7-13)6-12-9-16(22-17(12)21)11-4-5-14(19)15(20)8-11/h1-9,18-20H/b12-6+. The summed E-state index contributed by atoms with van der Waals surface area (Å²) in [6.07, 6.45) is 3.13. The van der Waals surface area contributed by atoms with Crippen molar-refractivity contribution in [3.8, 4) is 17.2 Å². The molecule has 0 saturated carbocycles. The predicted molar refractivity (Wildman–Crippen MR) is 79.9 cm³/mol. The van der Waals surface area contributed by atoms with Gasteiger partial charge >= 0.3 is 5.97 Å². The molecule has 0 bridgehead atoms. The summed E-state index contributed by atoms with van der Waals surface area (Å²) in [5.74, 6) is -0.671. The summed E-state index contributed by atoms with van der Waals surface area (Å²) in [5, 5.41) is 28.2. The van der Waals surface area contributed by atoms with Gasteiger partial charge in [0.2, 0.25) is 0 Å². The third kappa shape index (κ3) is 2.64. The minimum atomic E-state index is -0.522. The SMILES string of the molecule is O=C1OC(c2ccc(O)c(O)c2)=C/C1=C\c1cccc(O)c1. The van der Waals surface area contributed by atoms with E-state index < -0.39 is 5.97 Å². The van der Waals surface area contributed by atoms with Crippen LogP contribution in [0.1, 0.15) is 11.1 Å². The number of carbonyl (C=O) groups excluding carboxylic acids is 1. The molecule has 0 saturated heterocycles. The lowest BCUT2D eigenvalue weighted by molar-refractivity contribution is -0.130. The Kier molecular flexibility index (Phi) is 3.31. The van der Waals surface area contributed by atoms with E-state index in [-0.39, 0.29) is 23.0 Å². The molecule has 2 aromatic rings. The Labute approximate surface area is 126 Å². The maximum Gasteiger partial charge on any atom is 0.343 e. The molecule has 0 amide bonds. The van der Waals surface area contributed by atoms with Gasteiger partial charge in [-0.15, -0.1) is 0 Å². The van der Waals surface area contributed by atoms with E-state index in [2.05, 4.69) is 0 Å². The van der Waals surface area contributed by atoms with Crippen LogP contribution in [0.2, 0.25) is 0 Å². The molecular formula is C17H12O5. The average molecular weight is 296 g/mol. The van der Waals surface area contributed by atoms with E-state index in [0.29, 0.717) is 16.7 Å². The molecule has 3 N–H and O–H groups in total. The van der Waals surface area contributed by atoms with E-state index in [9.17, 15) is 20.1 Å². The van der Waals surface area contributed by atoms with Crippen LogP contribution in [-0.4, -0.2) is 21.3 Å². The highest BCUT2D eigenvalue weighted by Gasteiger charge is 2.22. The van der Waals surface area contributed by atoms with E-state index in [0.717, 1.165) is 0 Å². The van der Waals surface area contributed by atoms with Crippen molar-refractivity contribution in [3.05, 3.63) is 65.2 Å². The van der Waals surface area contributed by atoms with Crippen molar-refractivity contribution >= 4 is 17.8 Å². The molecule has 22 heavy (non-hydrogen) atoms. The molecule has 0 unspecified atom stereocenters. The van der Waals surface area contributed by atoms with Crippen LogP contribution in [0.25, 0.3) is 11.8 Å². The molecular weight excluding hydrogens is 284 g/mol. The van der Waals surface area contributed by atoms with Crippen molar-refractivity contribution < 1.29 is 24.9 Å². The van der Waals surface area contributed by atoms with Gasteiger partial charge in [-0.25, -0.2) is 4.79 Å². The second-order valence-electron chi connectivity index (χ2n) is 4.80. The molecule has 5 nitrogen and oxygen atoms in total. The van der Waals surface area contributed by atoms with Crippen LogP contribution >= 0.6 is 0 Å². The molecule has 1 aliphatic heterocycles. The van der Waals surface area contributed by atoms with Crippen molar-refractivity contribution in [2.24, 2.45) is 0 Å². The Bertz CT molecular complexity index is 818. The number of ether oxygens (including phenoxy) is 1. The fourth-order valence-electron chi connectivity index (χ4n) is 2.10. The Morgan fingerprint density at radius 2 is 1.77 bits per heavy atom. The second-order valence-corrected chi connectivity index (χ2v) is 4.80. The zero-order valence-electron chi connectivity index (χ0n) is 11.4. The fourth-order valence-corrected chi connectivity index (χ4v) is 2.10. The van der Waals surface area contributed by atoms with E-state index >= 15 is 0 Å². The number of phenols is 3. The van der Waals surface area contributed by atoms with Crippen molar-refractivity contribution in [1.82, 2.24) is 0 Å². The molecule has 0 atom stereocenters. The maximum absolute atomic E-state index is 11.9. The van der Waals surface area contributed by atoms with E-state index in [4.69, 9.17) is 4.74 Å². The van der Waals surface area contributed by atoms with Gasteiger partial charge in [0.25, 0.3) is 0 Å². The van der Waals surface area contributed by atoms with Gasteiger partial charge in [-0.05, 0) is 48.0 Å². The minimum Gasteiger partial charge on any atom is -0.508 e. The van der Waals surface area contributed by atoms with Gasteiger partial charge in [-0.2, -0.15) is 0 Å². The molecule has 0 aromatic heterocycles. The summed E-state index contributed by atoms with van der Waals surface area (Å²) in [5.41, 5.74) is 1.47. The molecule has 2 aromatic carbocycles. The molecule has 1 aliphatic rings. The smallest absolute Gasteiger partial charge is 0.343 e. The molecule has 0 fully saturated rings. The Morgan fingerprint density at radius 3 is 2.50 bits per heavy atom. The van der Waals surface area contributed by atoms with Crippen molar-refractivity contribution in [2.45, 2.75) is 0 Å². The Hall–Kier alpha value is -3.21. The molecule has 0 aliphatic carbocycles. The second kappa shape index (κ2) is 5.29. The molecule has 5 heteroatoms. The number of carbonyl (C=O) groups is 1. The van der Waals surface area contributed by atoms with E-state index in [1.54, 1.807) is 18.2 Å². The van der Waals surface area contributed by atoms with Crippen LogP contribution in [0.15, 0.2) is 54.1 Å². The summed E-state index contributed by atoms with van der Waals surface area (Å²) in [6, 6.07) is 10.6. The highest BCUT2D eigenvalue weighted by molar-refractivity contribution is 6.05. The zero-order chi connectivity index (χ0) is 15.7. The Balaban J connectivity index is 1.96. The van der Waals surface area contributed by atoms with Crippen LogP contribution in [-0.2, 0) is 9.53 Å². The van der Waals surface area contributed by atoms with Crippen LogP contribution in [0.5, 0.6) is 17.2 Å². The molecule has 3 rings (SSSR count). The minimum absolute atomic E-state index is 0.105. The van der Waals surface area contributed by atoms with Crippen LogP contribution in [0, 0.1) is 0 Å². The largest absolute Gasteiger partial charge is 0.508 e. The predicted octanol–water partition coefficient (Wildman–Crippen LogP) is 2.78. The lowest BCUT2D eigenvalue weighted by Crippen LogP contribution is -1.97. The van der Waals surface area contributed by atoms with Gasteiger partial charge in [0.1, 0.15) is 11.5 Å². The summed E-state index contributed by atoms with van der Waals surface area (Å²) < 4.78 is 5.16. The normalized spacial score (nSPS) is 15.7. The van der Waals surface area contributed by atoms with Gasteiger partial charge in [0, 0.05) is 5.56 Å². The fraction of sp³-hybridized carbons (Fsp3) is 0. The summed E-state index contributed by atoms with van der Waals surface area (Å²) in [6.45, 7) is 0. The first-order valence-corrected chi connectivity index (χ1v) is 6.50. The lowest BCUT2D eigenvalue weighted by Gasteiger charge is -2.03. The monoisotopic (exact) mass is 296 g/mol. The number of hydrogen-bond donors (Lipinski definition) is 3. The van der Waals surface area contributed by atoms with Crippen molar-refractivity contribution in [1.29, 1.82) is 0 Å². The molecule has 0 radical (unpaired) electrons. The number of phenolic OH excluding ortho intramolecular Hbond substituents is 3. The number of rotatable bonds is 2. The third-order valence-corrected chi connectivity index (χ3v) is 3.18. The van der Waals surface area contributed by atoms with Gasteiger partial charge in [-0.1, -0.05) is 12.1 Å². The molecule has 0 spiro atoms. The summed E-state index contributed by atoms with van der Waals surface area (Å²) >= 11 is 0. The average Bonchev–Trinajstić information content (AvgIpc) is 2.83. The third-order valence-electron chi connectivity index (χ3n) is 3.18. The van der Waals surface area contributed by atoms with Gasteiger partial charge in [0.05, 0.1) is 5.57 Å². The van der Waals surface area contributed by atoms with Crippen LogP contribution in [0.4, 0.5) is 0 Å². The molecule has 1 heterocycles. The van der Waals surface area contributed by atoms with Crippen molar-refractivity contribution in [2.75, 3.05) is 0 Å². The Morgan fingerprint density at radius 1 is 0.955 bits per heavy atom. The maximum atomic E-state index is 11.9. The number of benzene rings is 2. The van der Waals surface area contributed by atoms with Gasteiger partial charge in [-0.3, -0.25) is 0 Å². The topological polar surface area (TPSA) is 87.0 Å². The first kappa shape index (κ1) is 13.8. The van der Waals surface area contributed by atoms with Crippen LogP contribution in [0.3, 0.4) is 0 Å². The van der Waals surface area contributed by atoms with E-state index in [1.807, 2.05) is 0 Å². The first-order valence-electron chi connectivity index (χ1n) is 6.50. The first-order chi connectivity index (χ1) is 10.5. The van der Waals surface area contributed by atoms with Crippen molar-refractivity contribution in [3.63, 3.8) is 0 Å². The van der Waals surface area contributed by atoms with Gasteiger partial charge in [0.15, 0.2) is 11.5 Å². The van der Waals surface area contributed by atoms with Crippen LogP contribution < -0.4 is 0 Å². The molecule has 110 valence electrons. The number of esters is 1.